The lowest BCUT2D eigenvalue weighted by atomic mass is 10.0. The molecule has 1 aliphatic heterocycles. The second-order valence-corrected chi connectivity index (χ2v) is 9.86. The number of benzene rings is 1. The lowest BCUT2D eigenvalue weighted by molar-refractivity contribution is -0.143. The first-order chi connectivity index (χ1) is 19.5. The van der Waals surface area contributed by atoms with Crippen LogP contribution >= 0.6 is 0 Å². The largest absolute Gasteiger partial charge is 0.508 e. The molecule has 0 radical (unpaired) electrons. The highest BCUT2D eigenvalue weighted by Gasteiger charge is 2.38. The summed E-state index contributed by atoms with van der Waals surface area (Å²) in [6, 6.07) is 1.79. The van der Waals surface area contributed by atoms with Crippen molar-refractivity contribution in [2.75, 3.05) is 13.1 Å². The van der Waals surface area contributed by atoms with Gasteiger partial charge in [0.1, 0.15) is 23.9 Å². The summed E-state index contributed by atoms with van der Waals surface area (Å²) >= 11 is 0. The number of nitrogens with zero attached hydrogens (tertiary/aromatic N) is 3. The molecule has 1 aromatic carbocycles. The van der Waals surface area contributed by atoms with Crippen molar-refractivity contribution in [3.05, 3.63) is 48.0 Å². The fraction of sp³-hybridized carbons (Fsp3) is 0.462. The third-order valence-corrected chi connectivity index (χ3v) is 6.72. The van der Waals surface area contributed by atoms with Crippen LogP contribution in [0, 0.1) is 0 Å². The highest BCUT2D eigenvalue weighted by Crippen LogP contribution is 2.20. The zero-order valence-electron chi connectivity index (χ0n) is 22.5. The summed E-state index contributed by atoms with van der Waals surface area (Å²) < 4.78 is 0. The molecule has 1 aliphatic rings. The number of phenolic OH excluding ortho intramolecular Hbond substituents is 1. The number of rotatable bonds is 14. The van der Waals surface area contributed by atoms with Gasteiger partial charge in [-0.3, -0.25) is 19.4 Å². The molecule has 222 valence electrons. The van der Waals surface area contributed by atoms with Crippen LogP contribution in [0.2, 0.25) is 0 Å². The summed E-state index contributed by atoms with van der Waals surface area (Å²) in [6.07, 6.45) is 4.61. The number of guanidine groups is 1. The summed E-state index contributed by atoms with van der Waals surface area (Å²) in [7, 11) is 0. The van der Waals surface area contributed by atoms with E-state index in [1.807, 2.05) is 0 Å². The van der Waals surface area contributed by atoms with Crippen LogP contribution in [-0.4, -0.2) is 92.0 Å². The van der Waals surface area contributed by atoms with Crippen molar-refractivity contribution in [3.63, 3.8) is 0 Å². The van der Waals surface area contributed by atoms with Gasteiger partial charge in [0.25, 0.3) is 0 Å². The maximum Gasteiger partial charge on any atom is 0.326 e. The number of aliphatic imine (C=N–C) groups is 1. The van der Waals surface area contributed by atoms with Crippen LogP contribution < -0.4 is 27.8 Å². The maximum absolute atomic E-state index is 13.3. The highest BCUT2D eigenvalue weighted by molar-refractivity contribution is 5.94. The van der Waals surface area contributed by atoms with Crippen molar-refractivity contribution < 1.29 is 29.4 Å². The highest BCUT2D eigenvalue weighted by atomic mass is 16.4. The first-order valence-electron chi connectivity index (χ1n) is 13.2. The lowest BCUT2D eigenvalue weighted by Gasteiger charge is -2.28. The summed E-state index contributed by atoms with van der Waals surface area (Å²) in [5, 5.41) is 24.4. The Bertz CT molecular complexity index is 1210. The molecule has 2 aromatic rings. The third kappa shape index (κ3) is 9.20. The van der Waals surface area contributed by atoms with E-state index in [0.29, 0.717) is 37.1 Å². The van der Waals surface area contributed by atoms with E-state index in [2.05, 4.69) is 25.6 Å². The molecule has 3 amide bonds. The molecule has 0 spiro atoms. The number of likely N-dealkylation sites (tertiary alicyclic amines) is 1. The van der Waals surface area contributed by atoms with E-state index in [4.69, 9.17) is 17.2 Å². The number of carboxylic acid groups (broad SMARTS) is 1. The summed E-state index contributed by atoms with van der Waals surface area (Å²) in [5.41, 5.74) is 18.1. The number of nitrogens with two attached hydrogens (primary N) is 3. The summed E-state index contributed by atoms with van der Waals surface area (Å²) in [6.45, 7) is 0.525. The smallest absolute Gasteiger partial charge is 0.326 e. The first kappa shape index (κ1) is 30.9. The summed E-state index contributed by atoms with van der Waals surface area (Å²) in [5.74, 6) is -3.02. The quantitative estimate of drug-likeness (QED) is 0.0726. The van der Waals surface area contributed by atoms with Crippen LogP contribution in [0.15, 0.2) is 41.8 Å². The topological polar surface area (TPSA) is 255 Å². The number of aromatic nitrogens is 2. The number of phenols is 1. The molecule has 15 heteroatoms. The predicted octanol–water partition coefficient (Wildman–Crippen LogP) is -1.67. The molecular formula is C26H37N9O6. The second-order valence-electron chi connectivity index (χ2n) is 9.86. The molecular weight excluding hydrogens is 534 g/mol. The minimum absolute atomic E-state index is 0.0231. The van der Waals surface area contributed by atoms with Crippen LogP contribution in [0.4, 0.5) is 0 Å². The molecule has 0 saturated carbocycles. The number of carboxylic acids is 1. The lowest BCUT2D eigenvalue weighted by Crippen LogP contribution is -2.57. The number of hydrogen-bond donors (Lipinski definition) is 8. The standard InChI is InChI=1S/C26H37N9O6/c27-18(12-16-13-30-14-32-16)24(39)35-10-2-4-21(35)23(38)33-19(3-1-9-31-26(28)29)22(37)34-20(25(40)41)11-15-5-7-17(36)8-6-15/h5-8,13-14,18-21,36H,1-4,9-12,27H2,(H,30,32)(H,33,38)(H,34,37)(H,40,41)(H4,28,29,31). The van der Waals surface area contributed by atoms with E-state index < -0.39 is 47.9 Å². The van der Waals surface area contributed by atoms with Gasteiger partial charge < -0.3 is 47.9 Å². The number of amides is 3. The van der Waals surface area contributed by atoms with Crippen LogP contribution in [0.1, 0.15) is 36.9 Å². The Kier molecular flexibility index (Phi) is 11.0. The molecule has 4 unspecified atom stereocenters. The van der Waals surface area contributed by atoms with E-state index in [-0.39, 0.29) is 37.5 Å². The summed E-state index contributed by atoms with van der Waals surface area (Å²) in [4.78, 5) is 63.7. The van der Waals surface area contributed by atoms with Gasteiger partial charge in [-0.25, -0.2) is 9.78 Å². The molecule has 0 bridgehead atoms. The van der Waals surface area contributed by atoms with Gasteiger partial charge in [0.05, 0.1) is 12.4 Å². The van der Waals surface area contributed by atoms with Gasteiger partial charge in [-0.05, 0) is 43.4 Å². The number of carbonyl (C=O) groups is 4. The monoisotopic (exact) mass is 571 g/mol. The van der Waals surface area contributed by atoms with Crippen molar-refractivity contribution >= 4 is 29.7 Å². The molecule has 1 aromatic heterocycles. The van der Waals surface area contributed by atoms with Gasteiger partial charge in [0.2, 0.25) is 17.7 Å². The Labute approximate surface area is 236 Å². The first-order valence-corrected chi connectivity index (χ1v) is 13.2. The molecule has 3 rings (SSSR count). The van der Waals surface area contributed by atoms with Crippen molar-refractivity contribution in [3.8, 4) is 5.75 Å². The Morgan fingerprint density at radius 2 is 1.85 bits per heavy atom. The van der Waals surface area contributed by atoms with E-state index in [1.165, 1.54) is 23.4 Å². The van der Waals surface area contributed by atoms with Gasteiger partial charge in [-0.1, -0.05) is 12.1 Å². The Balaban J connectivity index is 1.69. The number of imidazole rings is 1. The van der Waals surface area contributed by atoms with E-state index in [1.54, 1.807) is 18.3 Å². The molecule has 1 saturated heterocycles. The van der Waals surface area contributed by atoms with Gasteiger partial charge >= 0.3 is 5.97 Å². The molecule has 1 fully saturated rings. The molecule has 41 heavy (non-hydrogen) atoms. The predicted molar refractivity (Wildman–Crippen MR) is 148 cm³/mol. The SMILES string of the molecule is NC(N)=NCCCC(NC(=O)C1CCCN1C(=O)C(N)Cc1cnc[nH]1)C(=O)NC(Cc1ccc(O)cc1)C(=O)O. The van der Waals surface area contributed by atoms with Crippen LogP contribution in [0.3, 0.4) is 0 Å². The molecule has 4 atom stereocenters. The number of nitrogens with one attached hydrogen (secondary N) is 3. The normalized spacial score (nSPS) is 16.8. The molecule has 15 nitrogen and oxygen atoms in total. The van der Waals surface area contributed by atoms with Gasteiger partial charge in [0.15, 0.2) is 5.96 Å². The van der Waals surface area contributed by atoms with Gasteiger partial charge in [-0.2, -0.15) is 0 Å². The van der Waals surface area contributed by atoms with E-state index in [0.717, 1.165) is 0 Å². The third-order valence-electron chi connectivity index (χ3n) is 6.72. The Morgan fingerprint density at radius 3 is 2.49 bits per heavy atom. The Hall–Kier alpha value is -4.66. The average Bonchev–Trinajstić information content (AvgIpc) is 3.63. The zero-order chi connectivity index (χ0) is 29.9. The fourth-order valence-electron chi connectivity index (χ4n) is 4.62. The number of aliphatic carboxylic acids is 1. The molecule has 0 aliphatic carbocycles. The van der Waals surface area contributed by atoms with Crippen LogP contribution in [-0.2, 0) is 32.0 Å². The fourth-order valence-corrected chi connectivity index (χ4v) is 4.62. The van der Waals surface area contributed by atoms with Crippen LogP contribution in [0.5, 0.6) is 5.75 Å². The maximum atomic E-state index is 13.3. The van der Waals surface area contributed by atoms with Crippen molar-refractivity contribution in [1.29, 1.82) is 0 Å². The number of aromatic amines is 1. The van der Waals surface area contributed by atoms with E-state index >= 15 is 0 Å². The number of aromatic hydroxyl groups is 1. The minimum atomic E-state index is -1.30. The average molecular weight is 572 g/mol. The Morgan fingerprint density at radius 1 is 1.12 bits per heavy atom. The van der Waals surface area contributed by atoms with Gasteiger partial charge in [0, 0.05) is 37.8 Å². The van der Waals surface area contributed by atoms with E-state index in [9.17, 15) is 29.4 Å². The minimum Gasteiger partial charge on any atom is -0.508 e. The number of H-pyrrole nitrogens is 1. The zero-order valence-corrected chi connectivity index (χ0v) is 22.5. The number of carbonyl (C=O) groups excluding carboxylic acids is 3. The van der Waals surface area contributed by atoms with Crippen molar-refractivity contribution in [2.45, 2.75) is 62.7 Å². The number of hydrogen-bond acceptors (Lipinski definition) is 8. The molecule has 2 heterocycles. The van der Waals surface area contributed by atoms with Crippen molar-refractivity contribution in [1.82, 2.24) is 25.5 Å². The second kappa shape index (κ2) is 14.6. The van der Waals surface area contributed by atoms with Crippen molar-refractivity contribution in [2.24, 2.45) is 22.2 Å². The van der Waals surface area contributed by atoms with Gasteiger partial charge in [-0.15, -0.1) is 0 Å². The van der Waals surface area contributed by atoms with Crippen LogP contribution in [0.25, 0.3) is 0 Å². The molecule has 11 N–H and O–H groups in total.